The van der Waals surface area contributed by atoms with Crippen molar-refractivity contribution in [2.45, 2.75) is 59.5 Å². The largest absolute Gasteiger partial charge is 0.314 e. The SMILES string of the molecule is CCNC1CCN(CCC(C)C)C(C)C1C. The lowest BCUT2D eigenvalue weighted by Crippen LogP contribution is -2.53. The molecule has 1 heterocycles. The fraction of sp³-hybridized carbons (Fsp3) is 1.00. The first-order valence-electron chi connectivity index (χ1n) is 7.03. The Kier molecular flexibility index (Phi) is 5.77. The first-order valence-corrected chi connectivity index (χ1v) is 7.03. The summed E-state index contributed by atoms with van der Waals surface area (Å²) in [6.07, 6.45) is 2.65. The second kappa shape index (κ2) is 6.61. The summed E-state index contributed by atoms with van der Waals surface area (Å²) in [5.41, 5.74) is 0. The maximum Gasteiger partial charge on any atom is 0.0120 e. The number of hydrogen-bond acceptors (Lipinski definition) is 2. The van der Waals surface area contributed by atoms with Gasteiger partial charge in [-0.15, -0.1) is 0 Å². The van der Waals surface area contributed by atoms with Gasteiger partial charge in [0.1, 0.15) is 0 Å². The minimum Gasteiger partial charge on any atom is -0.314 e. The smallest absolute Gasteiger partial charge is 0.0120 e. The van der Waals surface area contributed by atoms with Crippen molar-refractivity contribution in [3.05, 3.63) is 0 Å². The molecule has 16 heavy (non-hydrogen) atoms. The van der Waals surface area contributed by atoms with E-state index >= 15 is 0 Å². The van der Waals surface area contributed by atoms with Gasteiger partial charge in [0.05, 0.1) is 0 Å². The van der Waals surface area contributed by atoms with Crippen LogP contribution in [-0.2, 0) is 0 Å². The molecule has 2 nitrogen and oxygen atoms in total. The van der Waals surface area contributed by atoms with E-state index in [1.807, 2.05) is 0 Å². The number of piperidine rings is 1. The van der Waals surface area contributed by atoms with Gasteiger partial charge >= 0.3 is 0 Å². The predicted octanol–water partition coefficient (Wildman–Crippen LogP) is 2.74. The van der Waals surface area contributed by atoms with E-state index in [0.717, 1.165) is 30.5 Å². The molecule has 0 aromatic rings. The van der Waals surface area contributed by atoms with Crippen molar-refractivity contribution in [2.75, 3.05) is 19.6 Å². The average molecular weight is 226 g/mol. The Bertz CT molecular complexity index is 191. The van der Waals surface area contributed by atoms with Crippen LogP contribution in [-0.4, -0.2) is 36.6 Å². The molecule has 0 aromatic heterocycles. The van der Waals surface area contributed by atoms with Crippen molar-refractivity contribution in [3.8, 4) is 0 Å². The molecule has 0 saturated carbocycles. The lowest BCUT2D eigenvalue weighted by Gasteiger charge is -2.43. The summed E-state index contributed by atoms with van der Waals surface area (Å²) in [7, 11) is 0. The highest BCUT2D eigenvalue weighted by molar-refractivity contribution is 4.88. The van der Waals surface area contributed by atoms with Crippen LogP contribution in [0, 0.1) is 11.8 Å². The van der Waals surface area contributed by atoms with E-state index in [1.165, 1.54) is 25.9 Å². The van der Waals surface area contributed by atoms with Crippen molar-refractivity contribution in [1.82, 2.24) is 10.2 Å². The third-order valence-electron chi connectivity index (χ3n) is 4.16. The highest BCUT2D eigenvalue weighted by atomic mass is 15.2. The maximum absolute atomic E-state index is 3.62. The first-order chi connectivity index (χ1) is 7.56. The molecule has 0 radical (unpaired) electrons. The summed E-state index contributed by atoms with van der Waals surface area (Å²) in [4.78, 5) is 2.68. The maximum atomic E-state index is 3.62. The zero-order valence-corrected chi connectivity index (χ0v) is 11.8. The molecule has 3 atom stereocenters. The fourth-order valence-electron chi connectivity index (χ4n) is 2.73. The molecule has 1 aliphatic heterocycles. The topological polar surface area (TPSA) is 15.3 Å². The lowest BCUT2D eigenvalue weighted by molar-refractivity contribution is 0.0814. The van der Waals surface area contributed by atoms with Crippen LogP contribution in [0.3, 0.4) is 0 Å². The van der Waals surface area contributed by atoms with Crippen LogP contribution >= 0.6 is 0 Å². The highest BCUT2D eigenvalue weighted by Crippen LogP contribution is 2.24. The Balaban J connectivity index is 2.41. The summed E-state index contributed by atoms with van der Waals surface area (Å²) in [6.45, 7) is 15.3. The molecule has 1 saturated heterocycles. The Morgan fingerprint density at radius 1 is 1.31 bits per heavy atom. The van der Waals surface area contributed by atoms with Crippen LogP contribution in [0.4, 0.5) is 0 Å². The predicted molar refractivity (Wildman–Crippen MR) is 71.7 cm³/mol. The molecule has 1 N–H and O–H groups in total. The molecule has 0 aliphatic carbocycles. The van der Waals surface area contributed by atoms with E-state index in [1.54, 1.807) is 0 Å². The van der Waals surface area contributed by atoms with E-state index in [-0.39, 0.29) is 0 Å². The minimum absolute atomic E-state index is 0.732. The standard InChI is InChI=1S/C14H30N2/c1-6-15-14-8-10-16(9-7-11(2)3)13(5)12(14)4/h11-15H,6-10H2,1-5H3. The summed E-state index contributed by atoms with van der Waals surface area (Å²) < 4.78 is 0. The number of nitrogens with zero attached hydrogens (tertiary/aromatic N) is 1. The average Bonchev–Trinajstić information content (AvgIpc) is 2.24. The Labute approximate surface area is 102 Å². The molecule has 2 heteroatoms. The zero-order valence-electron chi connectivity index (χ0n) is 11.8. The van der Waals surface area contributed by atoms with Gasteiger partial charge in [-0.2, -0.15) is 0 Å². The van der Waals surface area contributed by atoms with Crippen LogP contribution in [0.25, 0.3) is 0 Å². The number of hydrogen-bond donors (Lipinski definition) is 1. The third kappa shape index (κ3) is 3.74. The molecule has 3 unspecified atom stereocenters. The molecule has 0 bridgehead atoms. The van der Waals surface area contributed by atoms with E-state index < -0.39 is 0 Å². The summed E-state index contributed by atoms with van der Waals surface area (Å²) in [6, 6.07) is 1.46. The van der Waals surface area contributed by atoms with E-state index in [2.05, 4.69) is 44.8 Å². The zero-order chi connectivity index (χ0) is 12.1. The third-order valence-corrected chi connectivity index (χ3v) is 4.16. The molecule has 1 aliphatic rings. The van der Waals surface area contributed by atoms with Crippen molar-refractivity contribution in [2.24, 2.45) is 11.8 Å². The van der Waals surface area contributed by atoms with E-state index in [0.29, 0.717) is 0 Å². The van der Waals surface area contributed by atoms with Crippen LogP contribution < -0.4 is 5.32 Å². The van der Waals surface area contributed by atoms with E-state index in [9.17, 15) is 0 Å². The van der Waals surface area contributed by atoms with Gasteiger partial charge in [-0.05, 0) is 51.2 Å². The van der Waals surface area contributed by atoms with Gasteiger partial charge in [-0.3, -0.25) is 0 Å². The molecule has 0 spiro atoms. The van der Waals surface area contributed by atoms with Gasteiger partial charge in [-0.25, -0.2) is 0 Å². The van der Waals surface area contributed by atoms with Gasteiger partial charge in [0.2, 0.25) is 0 Å². The lowest BCUT2D eigenvalue weighted by atomic mass is 9.86. The Morgan fingerprint density at radius 2 is 2.00 bits per heavy atom. The fourth-order valence-corrected chi connectivity index (χ4v) is 2.73. The number of likely N-dealkylation sites (tertiary alicyclic amines) is 1. The summed E-state index contributed by atoms with van der Waals surface area (Å²) >= 11 is 0. The molecular formula is C14H30N2. The van der Waals surface area contributed by atoms with Crippen LogP contribution in [0.1, 0.15) is 47.5 Å². The van der Waals surface area contributed by atoms with E-state index in [4.69, 9.17) is 0 Å². The Hall–Kier alpha value is -0.0800. The highest BCUT2D eigenvalue weighted by Gasteiger charge is 2.31. The molecule has 1 rings (SSSR count). The quantitative estimate of drug-likeness (QED) is 0.775. The molecule has 96 valence electrons. The normalized spacial score (nSPS) is 32.2. The molecule has 0 amide bonds. The van der Waals surface area contributed by atoms with Crippen LogP contribution in [0.2, 0.25) is 0 Å². The number of rotatable bonds is 5. The van der Waals surface area contributed by atoms with Gasteiger partial charge in [0.25, 0.3) is 0 Å². The van der Waals surface area contributed by atoms with Gasteiger partial charge < -0.3 is 10.2 Å². The van der Waals surface area contributed by atoms with Crippen molar-refractivity contribution in [3.63, 3.8) is 0 Å². The summed E-state index contributed by atoms with van der Waals surface area (Å²) in [5.74, 6) is 1.61. The van der Waals surface area contributed by atoms with Crippen molar-refractivity contribution >= 4 is 0 Å². The van der Waals surface area contributed by atoms with Gasteiger partial charge in [-0.1, -0.05) is 27.7 Å². The number of nitrogens with one attached hydrogen (secondary N) is 1. The Morgan fingerprint density at radius 3 is 2.56 bits per heavy atom. The van der Waals surface area contributed by atoms with Crippen molar-refractivity contribution < 1.29 is 0 Å². The van der Waals surface area contributed by atoms with Crippen LogP contribution in [0.15, 0.2) is 0 Å². The monoisotopic (exact) mass is 226 g/mol. The summed E-state index contributed by atoms with van der Waals surface area (Å²) in [5, 5.41) is 3.62. The second-order valence-electron chi connectivity index (χ2n) is 5.77. The second-order valence-corrected chi connectivity index (χ2v) is 5.77. The van der Waals surface area contributed by atoms with Gasteiger partial charge in [0.15, 0.2) is 0 Å². The minimum atomic E-state index is 0.732. The van der Waals surface area contributed by atoms with Crippen LogP contribution in [0.5, 0.6) is 0 Å². The van der Waals surface area contributed by atoms with Crippen molar-refractivity contribution in [1.29, 1.82) is 0 Å². The first kappa shape index (κ1) is 14.0. The van der Waals surface area contributed by atoms with Gasteiger partial charge in [0, 0.05) is 12.1 Å². The molecular weight excluding hydrogens is 196 g/mol. The molecule has 1 fully saturated rings. The molecule has 0 aromatic carbocycles.